The van der Waals surface area contributed by atoms with Gasteiger partial charge < -0.3 is 4.90 Å². The number of hydrogen-bond acceptors (Lipinski definition) is 4. The quantitative estimate of drug-likeness (QED) is 0.808. The molecule has 2 aromatic rings. The van der Waals surface area contributed by atoms with Gasteiger partial charge in [0, 0.05) is 44.3 Å². The highest BCUT2D eigenvalue weighted by Crippen LogP contribution is 2.23. The summed E-state index contributed by atoms with van der Waals surface area (Å²) in [6.45, 7) is 3.78. The Labute approximate surface area is 166 Å². The van der Waals surface area contributed by atoms with E-state index in [1.54, 1.807) is 18.2 Å². The molecule has 148 valence electrons. The summed E-state index contributed by atoms with van der Waals surface area (Å²) in [5.41, 5.74) is 1.69. The van der Waals surface area contributed by atoms with Crippen LogP contribution in [0.15, 0.2) is 59.5 Å². The SMILES string of the molecule is O=C(c1cccc(S(=O)(=O)NC2CC2)c1)N1CCN(Cc2ccccc2)CC1. The van der Waals surface area contributed by atoms with Crippen LogP contribution in [-0.4, -0.2) is 56.3 Å². The lowest BCUT2D eigenvalue weighted by Crippen LogP contribution is -2.48. The van der Waals surface area contributed by atoms with Crippen LogP contribution in [0.4, 0.5) is 0 Å². The lowest BCUT2D eigenvalue weighted by atomic mass is 10.1. The molecule has 28 heavy (non-hydrogen) atoms. The zero-order chi connectivity index (χ0) is 19.6. The molecule has 6 nitrogen and oxygen atoms in total. The molecule has 0 atom stereocenters. The highest BCUT2D eigenvalue weighted by Gasteiger charge is 2.29. The second-order valence-electron chi connectivity index (χ2n) is 7.48. The second kappa shape index (κ2) is 8.03. The van der Waals surface area contributed by atoms with Crippen LogP contribution in [0.3, 0.4) is 0 Å². The molecule has 1 aliphatic carbocycles. The fraction of sp³-hybridized carbons (Fsp3) is 0.381. The van der Waals surface area contributed by atoms with Crippen molar-refractivity contribution in [2.45, 2.75) is 30.3 Å². The van der Waals surface area contributed by atoms with Gasteiger partial charge in [0.15, 0.2) is 0 Å². The van der Waals surface area contributed by atoms with E-state index in [9.17, 15) is 13.2 Å². The highest BCUT2D eigenvalue weighted by atomic mass is 32.2. The number of nitrogens with one attached hydrogen (secondary N) is 1. The van der Waals surface area contributed by atoms with E-state index in [4.69, 9.17) is 0 Å². The molecular weight excluding hydrogens is 374 g/mol. The molecule has 0 radical (unpaired) electrons. The standard InChI is InChI=1S/C21H25N3O3S/c25-21(18-7-4-8-20(15-18)28(26,27)22-19-9-10-19)24-13-11-23(12-14-24)16-17-5-2-1-3-6-17/h1-8,15,19,22H,9-14,16H2. The molecule has 1 aliphatic heterocycles. The molecule has 2 fully saturated rings. The van der Waals surface area contributed by atoms with Crippen molar-refractivity contribution in [3.8, 4) is 0 Å². The van der Waals surface area contributed by atoms with Crippen LogP contribution in [0.2, 0.25) is 0 Å². The maximum absolute atomic E-state index is 12.9. The summed E-state index contributed by atoms with van der Waals surface area (Å²) in [6, 6.07) is 16.7. The predicted octanol–water partition coefficient (Wildman–Crippen LogP) is 2.09. The van der Waals surface area contributed by atoms with Crippen LogP contribution in [0.5, 0.6) is 0 Å². The summed E-state index contributed by atoms with van der Waals surface area (Å²) in [6.07, 6.45) is 1.76. The first-order valence-corrected chi connectivity index (χ1v) is 11.2. The summed E-state index contributed by atoms with van der Waals surface area (Å²) < 4.78 is 27.5. The Bertz CT molecular complexity index is 934. The number of amides is 1. The molecule has 0 spiro atoms. The summed E-state index contributed by atoms with van der Waals surface area (Å²) in [7, 11) is -3.56. The first-order valence-electron chi connectivity index (χ1n) is 9.69. The lowest BCUT2D eigenvalue weighted by molar-refractivity contribution is 0.0628. The molecule has 1 heterocycles. The van der Waals surface area contributed by atoms with Crippen molar-refractivity contribution in [1.29, 1.82) is 0 Å². The Morgan fingerprint density at radius 3 is 2.36 bits per heavy atom. The highest BCUT2D eigenvalue weighted by molar-refractivity contribution is 7.89. The van der Waals surface area contributed by atoms with Crippen molar-refractivity contribution >= 4 is 15.9 Å². The molecule has 0 bridgehead atoms. The first-order chi connectivity index (χ1) is 13.5. The number of carbonyl (C=O) groups excluding carboxylic acids is 1. The summed E-state index contributed by atoms with van der Waals surface area (Å²) >= 11 is 0. The van der Waals surface area contributed by atoms with Crippen LogP contribution in [0, 0.1) is 0 Å². The van der Waals surface area contributed by atoms with Crippen molar-refractivity contribution in [2.75, 3.05) is 26.2 Å². The van der Waals surface area contributed by atoms with Crippen molar-refractivity contribution in [3.05, 3.63) is 65.7 Å². The second-order valence-corrected chi connectivity index (χ2v) is 9.19. The Morgan fingerprint density at radius 1 is 0.964 bits per heavy atom. The van der Waals surface area contributed by atoms with Crippen molar-refractivity contribution in [1.82, 2.24) is 14.5 Å². The minimum Gasteiger partial charge on any atom is -0.336 e. The third kappa shape index (κ3) is 4.60. The number of hydrogen-bond donors (Lipinski definition) is 1. The van der Waals surface area contributed by atoms with Gasteiger partial charge in [0.05, 0.1) is 4.90 Å². The zero-order valence-corrected chi connectivity index (χ0v) is 16.6. The van der Waals surface area contributed by atoms with E-state index in [0.717, 1.165) is 32.5 Å². The Hall–Kier alpha value is -2.22. The van der Waals surface area contributed by atoms with Gasteiger partial charge in [-0.1, -0.05) is 36.4 Å². The monoisotopic (exact) mass is 399 g/mol. The fourth-order valence-corrected chi connectivity index (χ4v) is 4.77. The summed E-state index contributed by atoms with van der Waals surface area (Å²) in [5, 5.41) is 0. The van der Waals surface area contributed by atoms with Crippen LogP contribution in [-0.2, 0) is 16.6 Å². The smallest absolute Gasteiger partial charge is 0.253 e. The van der Waals surface area contributed by atoms with Crippen LogP contribution in [0.1, 0.15) is 28.8 Å². The third-order valence-corrected chi connectivity index (χ3v) is 6.72. The average molecular weight is 400 g/mol. The van der Waals surface area contributed by atoms with Gasteiger partial charge in [0.2, 0.25) is 10.0 Å². The molecule has 1 N–H and O–H groups in total. The Kier molecular flexibility index (Phi) is 5.48. The number of benzene rings is 2. The fourth-order valence-electron chi connectivity index (χ4n) is 3.42. The average Bonchev–Trinajstić information content (AvgIpc) is 3.52. The molecule has 2 aromatic carbocycles. The van der Waals surface area contributed by atoms with E-state index < -0.39 is 10.0 Å². The van der Waals surface area contributed by atoms with Gasteiger partial charge >= 0.3 is 0 Å². The predicted molar refractivity (Wildman–Crippen MR) is 107 cm³/mol. The van der Waals surface area contributed by atoms with E-state index >= 15 is 0 Å². The Morgan fingerprint density at radius 2 is 1.68 bits per heavy atom. The van der Waals surface area contributed by atoms with Gasteiger partial charge in [-0.25, -0.2) is 13.1 Å². The number of nitrogens with zero attached hydrogens (tertiary/aromatic N) is 2. The largest absolute Gasteiger partial charge is 0.336 e. The number of sulfonamides is 1. The van der Waals surface area contributed by atoms with Crippen LogP contribution < -0.4 is 4.72 Å². The van der Waals surface area contributed by atoms with Crippen molar-refractivity contribution in [3.63, 3.8) is 0 Å². The molecule has 1 saturated heterocycles. The molecule has 0 unspecified atom stereocenters. The maximum Gasteiger partial charge on any atom is 0.253 e. The van der Waals surface area contributed by atoms with Crippen molar-refractivity contribution < 1.29 is 13.2 Å². The minimum absolute atomic E-state index is 0.0436. The van der Waals surface area contributed by atoms with Gasteiger partial charge in [0.1, 0.15) is 0 Å². The van der Waals surface area contributed by atoms with Gasteiger partial charge in [-0.2, -0.15) is 0 Å². The van der Waals surface area contributed by atoms with E-state index in [1.165, 1.54) is 11.6 Å². The molecule has 4 rings (SSSR count). The van der Waals surface area contributed by atoms with E-state index in [-0.39, 0.29) is 16.8 Å². The minimum atomic E-state index is -3.56. The van der Waals surface area contributed by atoms with Crippen LogP contribution >= 0.6 is 0 Å². The van der Waals surface area contributed by atoms with E-state index in [1.807, 2.05) is 23.1 Å². The van der Waals surface area contributed by atoms with Crippen molar-refractivity contribution in [2.24, 2.45) is 0 Å². The summed E-state index contributed by atoms with van der Waals surface area (Å²) in [5.74, 6) is -0.108. The number of carbonyl (C=O) groups is 1. The molecule has 7 heteroatoms. The molecule has 2 aliphatic rings. The Balaban J connectivity index is 1.38. The number of rotatable bonds is 6. The lowest BCUT2D eigenvalue weighted by Gasteiger charge is -2.34. The maximum atomic E-state index is 12.9. The normalized spacial score (nSPS) is 18.2. The topological polar surface area (TPSA) is 69.7 Å². The third-order valence-electron chi connectivity index (χ3n) is 5.20. The van der Waals surface area contributed by atoms with Crippen LogP contribution in [0.25, 0.3) is 0 Å². The van der Waals surface area contributed by atoms with Gasteiger partial charge in [-0.3, -0.25) is 9.69 Å². The summed E-state index contributed by atoms with van der Waals surface area (Å²) in [4.78, 5) is 17.2. The molecular formula is C21H25N3O3S. The zero-order valence-electron chi connectivity index (χ0n) is 15.8. The molecule has 0 aromatic heterocycles. The van der Waals surface area contributed by atoms with Gasteiger partial charge in [-0.05, 0) is 36.6 Å². The number of piperazine rings is 1. The van der Waals surface area contributed by atoms with E-state index in [0.29, 0.717) is 18.7 Å². The molecule has 1 amide bonds. The van der Waals surface area contributed by atoms with Gasteiger partial charge in [-0.15, -0.1) is 0 Å². The first kappa shape index (κ1) is 19.1. The van der Waals surface area contributed by atoms with Gasteiger partial charge in [0.25, 0.3) is 5.91 Å². The molecule has 1 saturated carbocycles. The van der Waals surface area contributed by atoms with E-state index in [2.05, 4.69) is 21.8 Å².